The van der Waals surface area contributed by atoms with Gasteiger partial charge >= 0.3 is 0 Å². The van der Waals surface area contributed by atoms with Crippen molar-refractivity contribution in [2.45, 2.75) is 18.2 Å². The van der Waals surface area contributed by atoms with Gasteiger partial charge in [0.05, 0.1) is 17.0 Å². The molecule has 32 heavy (non-hydrogen) atoms. The quantitative estimate of drug-likeness (QED) is 0.434. The van der Waals surface area contributed by atoms with Crippen LogP contribution >= 0.6 is 11.6 Å². The molecule has 170 valence electrons. The van der Waals surface area contributed by atoms with Gasteiger partial charge in [0.2, 0.25) is 15.9 Å². The second-order valence-corrected chi connectivity index (χ2v) is 9.41. The summed E-state index contributed by atoms with van der Waals surface area (Å²) in [4.78, 5) is 16.5. The van der Waals surface area contributed by atoms with Crippen molar-refractivity contribution < 1.29 is 17.6 Å². The summed E-state index contributed by atoms with van der Waals surface area (Å²) < 4.78 is 39.5. The number of likely N-dealkylation sites (N-methyl/N-ethyl adjacent to an activating group) is 1. The number of anilines is 1. The maximum Gasteiger partial charge on any atom is 0.243 e. The van der Waals surface area contributed by atoms with E-state index < -0.39 is 21.7 Å². The molecule has 0 atom stereocenters. The lowest BCUT2D eigenvalue weighted by molar-refractivity contribution is -0.121. The van der Waals surface area contributed by atoms with Gasteiger partial charge in [-0.05, 0) is 55.0 Å². The first-order chi connectivity index (χ1) is 15.3. The van der Waals surface area contributed by atoms with Crippen LogP contribution in [-0.2, 0) is 14.8 Å². The molecule has 7 nitrogen and oxygen atoms in total. The fraction of sp³-hybridized carbons (Fsp3) is 0.273. The molecule has 2 N–H and O–H groups in total. The van der Waals surface area contributed by atoms with E-state index in [-0.39, 0.29) is 18.0 Å². The Labute approximate surface area is 191 Å². The standard InChI is InChI=1S/C22H24ClFN4O3S/c1-2-28(32(30,31)18-7-5-17(24)6-8-18)15-22(29)27-12-3-11-25-20-10-13-26-21-14-16(23)4-9-19(20)21/h4-10,13-14H,2-3,11-12,15H2,1H3,(H,25,26)(H,27,29). The van der Waals surface area contributed by atoms with E-state index in [9.17, 15) is 17.6 Å². The summed E-state index contributed by atoms with van der Waals surface area (Å²) in [7, 11) is -3.88. The number of nitrogens with one attached hydrogen (secondary N) is 2. The second-order valence-electron chi connectivity index (χ2n) is 7.04. The van der Waals surface area contributed by atoms with Crippen LogP contribution in [0, 0.1) is 5.82 Å². The number of carbonyl (C=O) groups excluding carboxylic acids is 1. The zero-order valence-corrected chi connectivity index (χ0v) is 19.1. The van der Waals surface area contributed by atoms with E-state index in [0.29, 0.717) is 24.5 Å². The van der Waals surface area contributed by atoms with Crippen LogP contribution in [0.5, 0.6) is 0 Å². The zero-order chi connectivity index (χ0) is 23.1. The minimum Gasteiger partial charge on any atom is -0.384 e. The Morgan fingerprint density at radius 1 is 1.12 bits per heavy atom. The molecule has 0 unspecified atom stereocenters. The molecule has 0 spiro atoms. The summed E-state index contributed by atoms with van der Waals surface area (Å²) in [5.74, 6) is -0.927. The highest BCUT2D eigenvalue weighted by Crippen LogP contribution is 2.24. The van der Waals surface area contributed by atoms with Crippen molar-refractivity contribution in [1.29, 1.82) is 0 Å². The van der Waals surface area contributed by atoms with Crippen molar-refractivity contribution in [1.82, 2.24) is 14.6 Å². The Kier molecular flexibility index (Phi) is 8.00. The minimum atomic E-state index is -3.88. The van der Waals surface area contributed by atoms with Crippen LogP contribution < -0.4 is 10.6 Å². The van der Waals surface area contributed by atoms with Gasteiger partial charge in [-0.15, -0.1) is 0 Å². The third-order valence-electron chi connectivity index (χ3n) is 4.82. The molecule has 1 heterocycles. The van der Waals surface area contributed by atoms with Gasteiger partial charge in [-0.1, -0.05) is 18.5 Å². The predicted molar refractivity (Wildman–Crippen MR) is 124 cm³/mol. The lowest BCUT2D eigenvalue weighted by atomic mass is 10.2. The number of aromatic nitrogens is 1. The number of fused-ring (bicyclic) bond motifs is 1. The van der Waals surface area contributed by atoms with Crippen molar-refractivity contribution in [3.05, 3.63) is 65.6 Å². The summed E-state index contributed by atoms with van der Waals surface area (Å²) in [6, 6.07) is 11.9. The predicted octanol–water partition coefficient (Wildman–Crippen LogP) is 3.66. The van der Waals surface area contributed by atoms with Crippen LogP contribution in [0.2, 0.25) is 5.02 Å². The van der Waals surface area contributed by atoms with Gasteiger partial charge in [0, 0.05) is 41.9 Å². The molecule has 1 aromatic heterocycles. The summed E-state index contributed by atoms with van der Waals surface area (Å²) in [6.07, 6.45) is 2.34. The molecule has 1 amide bonds. The third-order valence-corrected chi connectivity index (χ3v) is 6.99. The smallest absolute Gasteiger partial charge is 0.243 e. The topological polar surface area (TPSA) is 91.4 Å². The number of amides is 1. The molecule has 0 bridgehead atoms. The van der Waals surface area contributed by atoms with Gasteiger partial charge in [0.15, 0.2) is 0 Å². The van der Waals surface area contributed by atoms with Crippen molar-refractivity contribution in [2.75, 3.05) is 31.5 Å². The Hall–Kier alpha value is -2.75. The Morgan fingerprint density at radius 2 is 1.88 bits per heavy atom. The highest BCUT2D eigenvalue weighted by atomic mass is 35.5. The fourth-order valence-electron chi connectivity index (χ4n) is 3.15. The molecule has 0 radical (unpaired) electrons. The molecule has 3 aromatic rings. The molecular formula is C22H24ClFN4O3S. The number of benzene rings is 2. The van der Waals surface area contributed by atoms with Gasteiger partial charge in [0.25, 0.3) is 0 Å². The molecule has 0 fully saturated rings. The summed E-state index contributed by atoms with van der Waals surface area (Å²) in [5.41, 5.74) is 1.71. The average molecular weight is 479 g/mol. The Balaban J connectivity index is 1.48. The third kappa shape index (κ3) is 5.93. The number of carbonyl (C=O) groups is 1. The summed E-state index contributed by atoms with van der Waals surface area (Å²) in [5, 5.41) is 7.62. The summed E-state index contributed by atoms with van der Waals surface area (Å²) in [6.45, 7) is 2.44. The molecule has 3 rings (SSSR count). The number of sulfonamides is 1. The zero-order valence-electron chi connectivity index (χ0n) is 17.5. The molecule has 0 aliphatic heterocycles. The van der Waals surface area contributed by atoms with Crippen LogP contribution in [0.4, 0.5) is 10.1 Å². The maximum absolute atomic E-state index is 13.1. The SMILES string of the molecule is CCN(CC(=O)NCCCNc1ccnc2cc(Cl)ccc12)S(=O)(=O)c1ccc(F)cc1. The number of nitrogens with zero attached hydrogens (tertiary/aromatic N) is 2. The highest BCUT2D eigenvalue weighted by molar-refractivity contribution is 7.89. The second kappa shape index (κ2) is 10.7. The van der Waals surface area contributed by atoms with Gasteiger partial charge in [-0.3, -0.25) is 9.78 Å². The van der Waals surface area contributed by atoms with Crippen molar-refractivity contribution >= 4 is 44.1 Å². The van der Waals surface area contributed by atoms with Gasteiger partial charge < -0.3 is 10.6 Å². The van der Waals surface area contributed by atoms with Gasteiger partial charge in [0.1, 0.15) is 5.82 Å². The van der Waals surface area contributed by atoms with Gasteiger partial charge in [-0.25, -0.2) is 12.8 Å². The van der Waals surface area contributed by atoms with Crippen molar-refractivity contribution in [3.63, 3.8) is 0 Å². The fourth-order valence-corrected chi connectivity index (χ4v) is 4.72. The monoisotopic (exact) mass is 478 g/mol. The molecule has 0 aliphatic rings. The molecule has 0 saturated carbocycles. The van der Waals surface area contributed by atoms with E-state index in [1.54, 1.807) is 25.3 Å². The summed E-state index contributed by atoms with van der Waals surface area (Å²) >= 11 is 6.01. The minimum absolute atomic E-state index is 0.0522. The van der Waals surface area contributed by atoms with Crippen LogP contribution in [0.15, 0.2) is 59.6 Å². The van der Waals surface area contributed by atoms with E-state index in [0.717, 1.165) is 33.0 Å². The molecular weight excluding hydrogens is 455 g/mol. The van der Waals surface area contributed by atoms with E-state index in [1.165, 1.54) is 12.1 Å². The van der Waals surface area contributed by atoms with E-state index >= 15 is 0 Å². The van der Waals surface area contributed by atoms with Crippen LogP contribution in [0.1, 0.15) is 13.3 Å². The van der Waals surface area contributed by atoms with Crippen LogP contribution in [-0.4, -0.2) is 49.8 Å². The lowest BCUT2D eigenvalue weighted by Gasteiger charge is -2.20. The first-order valence-electron chi connectivity index (χ1n) is 10.1. The number of pyridine rings is 1. The Bertz CT molecular complexity index is 1190. The van der Waals surface area contributed by atoms with E-state index in [1.807, 2.05) is 12.1 Å². The first kappa shape index (κ1) is 23.9. The van der Waals surface area contributed by atoms with Crippen molar-refractivity contribution in [2.24, 2.45) is 0 Å². The highest BCUT2D eigenvalue weighted by Gasteiger charge is 2.25. The average Bonchev–Trinajstić information content (AvgIpc) is 2.77. The first-order valence-corrected chi connectivity index (χ1v) is 11.9. The van der Waals surface area contributed by atoms with Crippen LogP contribution in [0.3, 0.4) is 0 Å². The number of rotatable bonds is 10. The molecule has 0 saturated heterocycles. The number of halogens is 2. The largest absolute Gasteiger partial charge is 0.384 e. The Morgan fingerprint density at radius 3 is 2.59 bits per heavy atom. The van der Waals surface area contributed by atoms with Crippen molar-refractivity contribution in [3.8, 4) is 0 Å². The maximum atomic E-state index is 13.1. The van der Waals surface area contributed by atoms with Crippen LogP contribution in [0.25, 0.3) is 10.9 Å². The van der Waals surface area contributed by atoms with E-state index in [2.05, 4.69) is 15.6 Å². The molecule has 10 heteroatoms. The normalized spacial score (nSPS) is 11.6. The number of hydrogen-bond donors (Lipinski definition) is 2. The van der Waals surface area contributed by atoms with Gasteiger partial charge in [-0.2, -0.15) is 4.31 Å². The lowest BCUT2D eigenvalue weighted by Crippen LogP contribution is -2.41. The molecule has 2 aromatic carbocycles. The number of hydrogen-bond acceptors (Lipinski definition) is 5. The molecule has 0 aliphatic carbocycles. The van der Waals surface area contributed by atoms with E-state index in [4.69, 9.17) is 11.6 Å².